The highest BCUT2D eigenvalue weighted by atomic mass is 16.4. The quantitative estimate of drug-likeness (QED) is 0.695. The lowest BCUT2D eigenvalue weighted by Crippen LogP contribution is -1.78. The molecule has 2 heteroatoms. The van der Waals surface area contributed by atoms with Crippen LogP contribution >= 0.6 is 0 Å². The minimum atomic E-state index is -0.833. The fourth-order valence-corrected chi connectivity index (χ4v) is 0.714. The SMILES string of the molecule is CC(=O)O.CCc1ccccc1. The number of aliphatic carboxylic acids is 1. The van der Waals surface area contributed by atoms with Crippen LogP contribution in [0.5, 0.6) is 0 Å². The first kappa shape index (κ1) is 10.7. The van der Waals surface area contributed by atoms with E-state index in [1.165, 1.54) is 5.56 Å². The van der Waals surface area contributed by atoms with Crippen LogP contribution in [0.15, 0.2) is 30.3 Å². The fraction of sp³-hybridized carbons (Fsp3) is 0.300. The van der Waals surface area contributed by atoms with Crippen molar-refractivity contribution in [3.05, 3.63) is 35.9 Å². The van der Waals surface area contributed by atoms with Crippen molar-refractivity contribution in [3.8, 4) is 0 Å². The van der Waals surface area contributed by atoms with E-state index in [1.54, 1.807) is 0 Å². The monoisotopic (exact) mass is 166 g/mol. The minimum Gasteiger partial charge on any atom is -0.481 e. The molecule has 0 aliphatic carbocycles. The van der Waals surface area contributed by atoms with E-state index in [-0.39, 0.29) is 0 Å². The van der Waals surface area contributed by atoms with Gasteiger partial charge in [0.2, 0.25) is 0 Å². The number of carboxylic acids is 1. The number of aryl methyl sites for hydroxylation is 1. The predicted molar refractivity (Wildman–Crippen MR) is 49.1 cm³/mol. The Morgan fingerprint density at radius 1 is 1.33 bits per heavy atom. The summed E-state index contributed by atoms with van der Waals surface area (Å²) in [6.45, 7) is 3.25. The molecular weight excluding hydrogens is 152 g/mol. The van der Waals surface area contributed by atoms with Crippen LogP contribution < -0.4 is 0 Å². The molecule has 0 fully saturated rings. The normalized spacial score (nSPS) is 8.17. The third-order valence-corrected chi connectivity index (χ3v) is 1.25. The summed E-state index contributed by atoms with van der Waals surface area (Å²) < 4.78 is 0. The number of carboxylic acid groups (broad SMARTS) is 1. The number of benzene rings is 1. The Morgan fingerprint density at radius 3 is 2.00 bits per heavy atom. The van der Waals surface area contributed by atoms with E-state index in [4.69, 9.17) is 9.90 Å². The molecule has 2 nitrogen and oxygen atoms in total. The van der Waals surface area contributed by atoms with Gasteiger partial charge in [-0.1, -0.05) is 37.3 Å². The van der Waals surface area contributed by atoms with Crippen LogP contribution in [-0.4, -0.2) is 11.1 Å². The zero-order valence-electron chi connectivity index (χ0n) is 7.45. The lowest BCUT2D eigenvalue weighted by Gasteiger charge is -1.89. The second-order valence-electron chi connectivity index (χ2n) is 2.36. The summed E-state index contributed by atoms with van der Waals surface area (Å²) >= 11 is 0. The molecule has 0 aliphatic rings. The molecule has 0 aromatic heterocycles. The molecule has 0 heterocycles. The fourth-order valence-electron chi connectivity index (χ4n) is 0.714. The van der Waals surface area contributed by atoms with Gasteiger partial charge in [-0.25, -0.2) is 0 Å². The van der Waals surface area contributed by atoms with Crippen molar-refractivity contribution in [3.63, 3.8) is 0 Å². The molecule has 1 rings (SSSR count). The van der Waals surface area contributed by atoms with Gasteiger partial charge in [0.25, 0.3) is 5.97 Å². The highest BCUT2D eigenvalue weighted by molar-refractivity contribution is 5.62. The molecule has 0 saturated heterocycles. The predicted octanol–water partition coefficient (Wildman–Crippen LogP) is 2.34. The highest BCUT2D eigenvalue weighted by Gasteiger charge is 1.79. The van der Waals surface area contributed by atoms with E-state index in [2.05, 4.69) is 31.2 Å². The zero-order valence-corrected chi connectivity index (χ0v) is 7.45. The molecular formula is C10H14O2. The van der Waals surface area contributed by atoms with Gasteiger partial charge in [-0.3, -0.25) is 4.79 Å². The van der Waals surface area contributed by atoms with Crippen molar-refractivity contribution in [1.82, 2.24) is 0 Å². The molecule has 66 valence electrons. The first-order valence-electron chi connectivity index (χ1n) is 3.90. The Kier molecular flexibility index (Phi) is 5.70. The number of hydrogen-bond acceptors (Lipinski definition) is 1. The van der Waals surface area contributed by atoms with Crippen LogP contribution in [-0.2, 0) is 11.2 Å². The molecule has 0 bridgehead atoms. The summed E-state index contributed by atoms with van der Waals surface area (Å²) in [6, 6.07) is 10.5. The third kappa shape index (κ3) is 6.81. The Morgan fingerprint density at radius 2 is 1.75 bits per heavy atom. The van der Waals surface area contributed by atoms with Crippen molar-refractivity contribution in [2.75, 3.05) is 0 Å². The first-order chi connectivity index (χ1) is 5.66. The van der Waals surface area contributed by atoms with E-state index in [0.29, 0.717) is 0 Å². The van der Waals surface area contributed by atoms with Crippen molar-refractivity contribution < 1.29 is 9.90 Å². The van der Waals surface area contributed by atoms with Crippen LogP contribution in [0.3, 0.4) is 0 Å². The lowest BCUT2D eigenvalue weighted by atomic mass is 10.2. The molecule has 0 spiro atoms. The summed E-state index contributed by atoms with van der Waals surface area (Å²) in [4.78, 5) is 9.00. The molecule has 1 aromatic rings. The van der Waals surface area contributed by atoms with E-state index in [0.717, 1.165) is 13.3 Å². The number of hydrogen-bond donors (Lipinski definition) is 1. The van der Waals surface area contributed by atoms with E-state index < -0.39 is 5.97 Å². The zero-order chi connectivity index (χ0) is 9.40. The molecule has 12 heavy (non-hydrogen) atoms. The molecule has 0 aliphatic heterocycles. The van der Waals surface area contributed by atoms with Gasteiger partial charge >= 0.3 is 0 Å². The van der Waals surface area contributed by atoms with Gasteiger partial charge in [-0.2, -0.15) is 0 Å². The van der Waals surface area contributed by atoms with Crippen LogP contribution in [0, 0.1) is 0 Å². The Labute approximate surface area is 72.9 Å². The highest BCUT2D eigenvalue weighted by Crippen LogP contribution is 1.96. The van der Waals surface area contributed by atoms with E-state index in [1.807, 2.05) is 6.07 Å². The molecule has 1 N–H and O–H groups in total. The topological polar surface area (TPSA) is 37.3 Å². The average Bonchev–Trinajstić information content (AvgIpc) is 2.05. The second-order valence-corrected chi connectivity index (χ2v) is 2.36. The standard InChI is InChI=1S/C8H10.C2H4O2/c1-2-8-6-4-3-5-7-8;1-2(3)4/h3-7H,2H2,1H3;1H3,(H,3,4). The van der Waals surface area contributed by atoms with Gasteiger partial charge in [0, 0.05) is 6.92 Å². The van der Waals surface area contributed by atoms with Crippen molar-refractivity contribution >= 4 is 5.97 Å². The summed E-state index contributed by atoms with van der Waals surface area (Å²) in [5, 5.41) is 7.42. The van der Waals surface area contributed by atoms with Crippen LogP contribution in [0.4, 0.5) is 0 Å². The average molecular weight is 166 g/mol. The molecule has 1 aromatic carbocycles. The summed E-state index contributed by atoms with van der Waals surface area (Å²) in [5.74, 6) is -0.833. The Balaban J connectivity index is 0.000000261. The maximum atomic E-state index is 9.00. The maximum Gasteiger partial charge on any atom is 0.300 e. The minimum absolute atomic E-state index is 0.833. The van der Waals surface area contributed by atoms with Gasteiger partial charge in [-0.15, -0.1) is 0 Å². The van der Waals surface area contributed by atoms with E-state index in [9.17, 15) is 0 Å². The van der Waals surface area contributed by atoms with Crippen molar-refractivity contribution in [1.29, 1.82) is 0 Å². The van der Waals surface area contributed by atoms with Gasteiger partial charge in [0.15, 0.2) is 0 Å². The molecule has 0 atom stereocenters. The Bertz CT molecular complexity index is 213. The molecule has 0 saturated carbocycles. The van der Waals surface area contributed by atoms with Gasteiger partial charge in [0.05, 0.1) is 0 Å². The van der Waals surface area contributed by atoms with E-state index >= 15 is 0 Å². The summed E-state index contributed by atoms with van der Waals surface area (Å²) in [6.07, 6.45) is 1.14. The van der Waals surface area contributed by atoms with Gasteiger partial charge in [0.1, 0.15) is 0 Å². The molecule has 0 unspecified atom stereocenters. The van der Waals surface area contributed by atoms with Crippen LogP contribution in [0.25, 0.3) is 0 Å². The summed E-state index contributed by atoms with van der Waals surface area (Å²) in [5.41, 5.74) is 1.41. The maximum absolute atomic E-state index is 9.00. The number of carbonyl (C=O) groups is 1. The van der Waals surface area contributed by atoms with Gasteiger partial charge in [-0.05, 0) is 12.0 Å². The number of rotatable bonds is 1. The van der Waals surface area contributed by atoms with Crippen LogP contribution in [0.1, 0.15) is 19.4 Å². The smallest absolute Gasteiger partial charge is 0.300 e. The Hall–Kier alpha value is -1.31. The second kappa shape index (κ2) is 6.40. The molecule has 0 amide bonds. The van der Waals surface area contributed by atoms with Crippen LogP contribution in [0.2, 0.25) is 0 Å². The van der Waals surface area contributed by atoms with Crippen molar-refractivity contribution in [2.24, 2.45) is 0 Å². The third-order valence-electron chi connectivity index (χ3n) is 1.25. The van der Waals surface area contributed by atoms with Gasteiger partial charge < -0.3 is 5.11 Å². The van der Waals surface area contributed by atoms with Crippen molar-refractivity contribution in [2.45, 2.75) is 20.3 Å². The summed E-state index contributed by atoms with van der Waals surface area (Å²) in [7, 11) is 0. The molecule has 0 radical (unpaired) electrons. The lowest BCUT2D eigenvalue weighted by molar-refractivity contribution is -0.134. The largest absolute Gasteiger partial charge is 0.481 e. The first-order valence-corrected chi connectivity index (χ1v) is 3.90.